The predicted octanol–water partition coefficient (Wildman–Crippen LogP) is 4.35. The number of benzene rings is 1. The van der Waals surface area contributed by atoms with Crippen molar-refractivity contribution in [3.63, 3.8) is 0 Å². The van der Waals surface area contributed by atoms with Gasteiger partial charge >= 0.3 is 10.8 Å². The van der Waals surface area contributed by atoms with Gasteiger partial charge in [0.15, 0.2) is 0 Å². The second-order valence-corrected chi connectivity index (χ2v) is 12.9. The largest absolute Gasteiger partial charge is 0.462 e. The number of esters is 1. The number of thiophene rings is 1. The summed E-state index contributed by atoms with van der Waals surface area (Å²) < 4.78 is 5.05. The van der Waals surface area contributed by atoms with Crippen LogP contribution in [0.5, 0.6) is 0 Å². The van der Waals surface area contributed by atoms with E-state index >= 15 is 0 Å². The van der Waals surface area contributed by atoms with Crippen molar-refractivity contribution in [1.82, 2.24) is 4.98 Å². The van der Waals surface area contributed by atoms with Gasteiger partial charge in [-0.25, -0.2) is 4.79 Å². The van der Waals surface area contributed by atoms with Crippen LogP contribution >= 0.6 is 34.4 Å². The third kappa shape index (κ3) is 3.04. The minimum absolute atomic E-state index is 0.0498. The number of anilines is 1. The van der Waals surface area contributed by atoms with Crippen molar-refractivity contribution in [2.45, 2.75) is 29.5 Å². The first-order chi connectivity index (χ1) is 17.5. The van der Waals surface area contributed by atoms with Crippen LogP contribution in [-0.2, 0) is 14.3 Å². The van der Waals surface area contributed by atoms with E-state index in [9.17, 15) is 19.2 Å². The number of hydrogen-bond acceptors (Lipinski definition) is 8. The zero-order valence-corrected chi connectivity index (χ0v) is 21.7. The molecule has 10 heteroatoms. The van der Waals surface area contributed by atoms with Gasteiger partial charge in [-0.2, -0.15) is 0 Å². The maximum atomic E-state index is 13.8. The summed E-state index contributed by atoms with van der Waals surface area (Å²) >= 11 is 4.67. The number of aromatic nitrogens is 1. The SMILES string of the molecule is CCOC(=O)c1ccc(N2C(=O)[C@@H]3[C@@H]4C[C@H]([C@H]5Sc6[nH]c(=O)sc6[C@@H](c6cccs6)[C@H]45)[C@@H]3C2=O)cc1. The molecule has 4 aliphatic rings. The van der Waals surface area contributed by atoms with Crippen molar-refractivity contribution >= 4 is 57.9 Å². The predicted molar refractivity (Wildman–Crippen MR) is 138 cm³/mol. The summed E-state index contributed by atoms with van der Waals surface area (Å²) in [5.41, 5.74) is 0.891. The van der Waals surface area contributed by atoms with Gasteiger partial charge in [0.25, 0.3) is 0 Å². The topological polar surface area (TPSA) is 96.5 Å². The molecule has 1 saturated heterocycles. The lowest BCUT2D eigenvalue weighted by molar-refractivity contribution is -0.123. The Balaban J connectivity index is 1.24. The van der Waals surface area contributed by atoms with E-state index in [2.05, 4.69) is 16.4 Å². The van der Waals surface area contributed by atoms with Gasteiger partial charge in [-0.1, -0.05) is 17.4 Å². The normalized spacial score (nSPS) is 31.9. The Morgan fingerprint density at radius 1 is 1.08 bits per heavy atom. The number of fused-ring (bicyclic) bond motifs is 9. The minimum atomic E-state index is -0.427. The van der Waals surface area contributed by atoms with E-state index in [1.807, 2.05) is 6.07 Å². The number of ether oxygens (including phenoxy) is 1. The number of aromatic amines is 1. The van der Waals surface area contributed by atoms with E-state index < -0.39 is 5.97 Å². The zero-order valence-electron chi connectivity index (χ0n) is 19.2. The molecule has 36 heavy (non-hydrogen) atoms. The molecular formula is C26H22N2O5S3. The van der Waals surface area contributed by atoms with Gasteiger partial charge in [-0.15, -0.1) is 23.1 Å². The first kappa shape index (κ1) is 22.5. The Bertz CT molecular complexity index is 1440. The Morgan fingerprint density at radius 2 is 1.83 bits per heavy atom. The van der Waals surface area contributed by atoms with Crippen molar-refractivity contribution < 1.29 is 19.1 Å². The monoisotopic (exact) mass is 538 g/mol. The van der Waals surface area contributed by atoms with Gasteiger partial charge in [0, 0.05) is 20.9 Å². The molecule has 2 aromatic heterocycles. The maximum absolute atomic E-state index is 13.8. The third-order valence-corrected chi connectivity index (χ3v) is 11.8. The van der Waals surface area contributed by atoms with Gasteiger partial charge in [0.2, 0.25) is 11.8 Å². The first-order valence-electron chi connectivity index (χ1n) is 12.1. The fourth-order valence-corrected chi connectivity index (χ4v) is 10.9. The summed E-state index contributed by atoms with van der Waals surface area (Å²) in [6.07, 6.45) is 0.867. The maximum Gasteiger partial charge on any atom is 0.338 e. The summed E-state index contributed by atoms with van der Waals surface area (Å²) in [6, 6.07) is 10.7. The molecule has 1 aromatic carbocycles. The lowest BCUT2D eigenvalue weighted by Crippen LogP contribution is -2.42. The quantitative estimate of drug-likeness (QED) is 0.392. The molecule has 2 amide bonds. The van der Waals surface area contributed by atoms with E-state index in [1.54, 1.807) is 54.3 Å². The van der Waals surface area contributed by atoms with Gasteiger partial charge < -0.3 is 9.72 Å². The number of rotatable bonds is 4. The molecule has 2 aliphatic heterocycles. The van der Waals surface area contributed by atoms with Crippen LogP contribution < -0.4 is 9.77 Å². The molecule has 2 aliphatic carbocycles. The fourth-order valence-electron chi connectivity index (χ4n) is 7.02. The van der Waals surface area contributed by atoms with E-state index in [0.717, 1.165) is 16.3 Å². The van der Waals surface area contributed by atoms with E-state index in [1.165, 1.54) is 21.1 Å². The molecule has 184 valence electrons. The van der Waals surface area contributed by atoms with Crippen LogP contribution in [-0.4, -0.2) is 34.6 Å². The molecule has 7 atom stereocenters. The highest BCUT2D eigenvalue weighted by atomic mass is 32.2. The average Bonchev–Trinajstić information content (AvgIpc) is 3.67. The summed E-state index contributed by atoms with van der Waals surface area (Å²) in [6.45, 7) is 2.03. The molecule has 3 aromatic rings. The van der Waals surface area contributed by atoms with Crippen LogP contribution in [0, 0.1) is 29.6 Å². The highest BCUT2D eigenvalue weighted by Crippen LogP contribution is 2.68. The number of thioether (sulfide) groups is 1. The molecule has 0 unspecified atom stereocenters. The Kier molecular flexibility index (Phi) is 5.10. The van der Waals surface area contributed by atoms with Gasteiger partial charge in [-0.05, 0) is 66.8 Å². The van der Waals surface area contributed by atoms with Crippen LogP contribution in [0.15, 0.2) is 51.6 Å². The van der Waals surface area contributed by atoms with E-state index in [-0.39, 0.29) is 64.1 Å². The smallest absolute Gasteiger partial charge is 0.338 e. The fraction of sp³-hybridized carbons (Fsp3) is 0.385. The van der Waals surface area contributed by atoms with Crippen molar-refractivity contribution in [1.29, 1.82) is 0 Å². The molecule has 4 heterocycles. The van der Waals surface area contributed by atoms with Crippen molar-refractivity contribution in [2.75, 3.05) is 11.5 Å². The van der Waals surface area contributed by atoms with Crippen LogP contribution in [0.1, 0.15) is 39.4 Å². The molecule has 7 nitrogen and oxygen atoms in total. The lowest BCUT2D eigenvalue weighted by Gasteiger charge is -2.42. The Hall–Kier alpha value is -2.69. The Labute approximate surface area is 218 Å². The van der Waals surface area contributed by atoms with Crippen molar-refractivity contribution in [3.05, 3.63) is 66.8 Å². The zero-order chi connectivity index (χ0) is 24.7. The van der Waals surface area contributed by atoms with E-state index in [0.29, 0.717) is 11.3 Å². The molecule has 2 bridgehead atoms. The Morgan fingerprint density at radius 3 is 2.53 bits per heavy atom. The summed E-state index contributed by atoms with van der Waals surface area (Å²) in [4.78, 5) is 58.4. The molecular weight excluding hydrogens is 516 g/mol. The van der Waals surface area contributed by atoms with Crippen LogP contribution in [0.4, 0.5) is 5.69 Å². The van der Waals surface area contributed by atoms with Gasteiger partial charge in [0.1, 0.15) is 0 Å². The lowest BCUT2D eigenvalue weighted by atomic mass is 9.69. The van der Waals surface area contributed by atoms with Crippen LogP contribution in [0.2, 0.25) is 0 Å². The molecule has 0 radical (unpaired) electrons. The van der Waals surface area contributed by atoms with Crippen LogP contribution in [0.3, 0.4) is 0 Å². The number of imide groups is 1. The summed E-state index contributed by atoms with van der Waals surface area (Å²) in [7, 11) is 0. The van der Waals surface area contributed by atoms with Crippen molar-refractivity contribution in [2.24, 2.45) is 29.6 Å². The molecule has 0 spiro atoms. The number of thiazole rings is 1. The second kappa shape index (κ2) is 8.16. The highest BCUT2D eigenvalue weighted by molar-refractivity contribution is 8.00. The molecule has 7 rings (SSSR count). The van der Waals surface area contributed by atoms with Crippen molar-refractivity contribution in [3.8, 4) is 0 Å². The minimum Gasteiger partial charge on any atom is -0.462 e. The molecule has 3 fully saturated rings. The number of hydrogen-bond donors (Lipinski definition) is 1. The van der Waals surface area contributed by atoms with Gasteiger partial charge in [0.05, 0.1) is 34.7 Å². The number of nitrogens with zero attached hydrogens (tertiary/aromatic N) is 1. The highest BCUT2D eigenvalue weighted by Gasteiger charge is 2.69. The number of nitrogens with one attached hydrogen (secondary N) is 1. The number of carbonyl (C=O) groups is 3. The standard InChI is InChI=1S/C26H22N2O5S3/c1-2-33-25(31)11-5-7-12(8-6-11)28-23(29)17-13-10-14(18(17)24(28)30)20-16(13)19(15-4-3-9-34-15)21-22(35-20)27-26(32)36-21/h3-9,13-14,16-20H,2,10H2,1H3,(H,27,32)/t13-,14+,16+,17-,18+,19+,20-/m1/s1. The average molecular weight is 539 g/mol. The number of amides is 2. The third-order valence-electron chi connectivity index (χ3n) is 8.21. The van der Waals surface area contributed by atoms with Gasteiger partial charge in [-0.3, -0.25) is 19.3 Å². The number of H-pyrrole nitrogens is 1. The summed E-state index contributed by atoms with van der Waals surface area (Å²) in [5.74, 6) is -0.909. The molecule has 1 N–H and O–H groups in total. The summed E-state index contributed by atoms with van der Waals surface area (Å²) in [5, 5.41) is 3.17. The number of carbonyl (C=O) groups excluding carboxylic acids is 3. The first-order valence-corrected chi connectivity index (χ1v) is 14.6. The second-order valence-electron chi connectivity index (χ2n) is 9.76. The van der Waals surface area contributed by atoms with Crippen LogP contribution in [0.25, 0.3) is 0 Å². The molecule has 2 saturated carbocycles. The van der Waals surface area contributed by atoms with E-state index in [4.69, 9.17) is 4.74 Å².